The fourth-order valence-corrected chi connectivity index (χ4v) is 5.71. The van der Waals surface area contributed by atoms with Crippen LogP contribution >= 0.6 is 0 Å². The molecule has 3 atom stereocenters. The molecule has 1 aromatic carbocycles. The molecule has 5 rings (SSSR count). The second-order valence-corrected chi connectivity index (χ2v) is 9.74. The van der Waals surface area contributed by atoms with Crippen LogP contribution in [-0.2, 0) is 4.79 Å². The van der Waals surface area contributed by atoms with E-state index in [-0.39, 0.29) is 30.3 Å². The molecule has 0 spiro atoms. The van der Waals surface area contributed by atoms with Crippen LogP contribution in [0.4, 0.5) is 8.78 Å². The molecule has 2 saturated heterocycles. The van der Waals surface area contributed by atoms with Gasteiger partial charge in [-0.2, -0.15) is 0 Å². The smallest absolute Gasteiger partial charge is 0.256 e. The van der Waals surface area contributed by atoms with E-state index in [1.807, 2.05) is 13.1 Å². The van der Waals surface area contributed by atoms with E-state index in [9.17, 15) is 18.4 Å². The van der Waals surface area contributed by atoms with Gasteiger partial charge in [-0.25, -0.2) is 13.8 Å². The van der Waals surface area contributed by atoms with Gasteiger partial charge in [0.05, 0.1) is 35.7 Å². The SMILES string of the molecule is CC[C@H](C(=O)N[C@@H]1CN(C(=O)c2cccn3cncc23)CC[C@H]1c1cc(F)cc(F)c1)N1CCCC1. The molecule has 36 heavy (non-hydrogen) atoms. The van der Waals surface area contributed by atoms with Crippen molar-refractivity contribution in [3.8, 4) is 0 Å². The quantitative estimate of drug-likeness (QED) is 0.568. The van der Waals surface area contributed by atoms with E-state index in [2.05, 4.69) is 15.2 Å². The summed E-state index contributed by atoms with van der Waals surface area (Å²) in [5.74, 6) is -1.87. The standard InChI is InChI=1S/C27H31F2N5O2/c1-2-24(32-8-3-4-9-32)26(35)31-23-16-33(11-7-21(23)18-12-19(28)14-20(29)13-18)27(36)22-6-5-10-34-17-30-15-25(22)34/h5-6,10,12-15,17,21,23-24H,2-4,7-9,11,16H2,1H3,(H,31,35)/t21-,23+,24+/m0/s1. The third-order valence-corrected chi connectivity index (χ3v) is 7.49. The Kier molecular flexibility index (Phi) is 7.00. The van der Waals surface area contributed by atoms with E-state index in [1.54, 1.807) is 34.0 Å². The summed E-state index contributed by atoms with van der Waals surface area (Å²) >= 11 is 0. The van der Waals surface area contributed by atoms with Crippen molar-refractivity contribution < 1.29 is 18.4 Å². The van der Waals surface area contributed by atoms with Crippen LogP contribution in [-0.4, -0.2) is 69.3 Å². The molecule has 0 bridgehead atoms. The number of rotatable bonds is 6. The monoisotopic (exact) mass is 495 g/mol. The minimum atomic E-state index is -0.649. The molecule has 7 nitrogen and oxygen atoms in total. The Balaban J connectivity index is 1.42. The fraction of sp³-hybridized carbons (Fsp3) is 0.444. The average molecular weight is 496 g/mol. The van der Waals surface area contributed by atoms with Gasteiger partial charge in [0.2, 0.25) is 5.91 Å². The molecule has 2 aromatic heterocycles. The number of imidazole rings is 1. The van der Waals surface area contributed by atoms with Crippen LogP contribution in [0.25, 0.3) is 5.52 Å². The minimum Gasteiger partial charge on any atom is -0.350 e. The van der Waals surface area contributed by atoms with Gasteiger partial charge in [0, 0.05) is 31.3 Å². The molecule has 4 heterocycles. The highest BCUT2D eigenvalue weighted by atomic mass is 19.1. The number of nitrogens with one attached hydrogen (secondary N) is 1. The average Bonchev–Trinajstić information content (AvgIpc) is 3.56. The van der Waals surface area contributed by atoms with Crippen molar-refractivity contribution in [3.63, 3.8) is 0 Å². The molecule has 0 aliphatic carbocycles. The van der Waals surface area contributed by atoms with Gasteiger partial charge in [-0.3, -0.25) is 14.5 Å². The highest BCUT2D eigenvalue weighted by Crippen LogP contribution is 2.31. The lowest BCUT2D eigenvalue weighted by Gasteiger charge is -2.40. The van der Waals surface area contributed by atoms with Gasteiger partial charge in [-0.05, 0) is 68.6 Å². The van der Waals surface area contributed by atoms with Crippen LogP contribution < -0.4 is 5.32 Å². The largest absolute Gasteiger partial charge is 0.350 e. The lowest BCUT2D eigenvalue weighted by atomic mass is 9.84. The van der Waals surface area contributed by atoms with Gasteiger partial charge in [0.25, 0.3) is 5.91 Å². The molecule has 2 aliphatic heterocycles. The number of benzene rings is 1. The van der Waals surface area contributed by atoms with Gasteiger partial charge in [-0.15, -0.1) is 0 Å². The predicted molar refractivity (Wildman–Crippen MR) is 132 cm³/mol. The number of pyridine rings is 1. The summed E-state index contributed by atoms with van der Waals surface area (Å²) in [6.07, 6.45) is 8.41. The number of carbonyl (C=O) groups is 2. The summed E-state index contributed by atoms with van der Waals surface area (Å²) in [7, 11) is 0. The van der Waals surface area contributed by atoms with Gasteiger partial charge in [0.15, 0.2) is 0 Å². The van der Waals surface area contributed by atoms with Crippen LogP contribution in [0.15, 0.2) is 49.1 Å². The molecule has 1 N–H and O–H groups in total. The lowest BCUT2D eigenvalue weighted by molar-refractivity contribution is -0.127. The molecule has 3 aromatic rings. The molecule has 9 heteroatoms. The first-order valence-corrected chi connectivity index (χ1v) is 12.6. The lowest BCUT2D eigenvalue weighted by Crippen LogP contribution is -2.56. The van der Waals surface area contributed by atoms with E-state index in [4.69, 9.17) is 0 Å². The Morgan fingerprint density at radius 2 is 1.89 bits per heavy atom. The summed E-state index contributed by atoms with van der Waals surface area (Å²) in [5.41, 5.74) is 1.73. The molecule has 0 unspecified atom stereocenters. The number of hydrogen-bond donors (Lipinski definition) is 1. The first kappa shape index (κ1) is 24.4. The van der Waals surface area contributed by atoms with Crippen LogP contribution in [0.3, 0.4) is 0 Å². The Hall–Kier alpha value is -3.33. The zero-order valence-corrected chi connectivity index (χ0v) is 20.4. The number of nitrogens with zero attached hydrogens (tertiary/aromatic N) is 4. The van der Waals surface area contributed by atoms with Gasteiger partial charge < -0.3 is 14.6 Å². The maximum Gasteiger partial charge on any atom is 0.256 e. The number of hydrogen-bond acceptors (Lipinski definition) is 4. The van der Waals surface area contributed by atoms with E-state index in [0.717, 1.165) is 32.0 Å². The molecule has 2 fully saturated rings. The molecular formula is C27H31F2N5O2. The third kappa shape index (κ3) is 4.84. The van der Waals surface area contributed by atoms with Crippen LogP contribution in [0.2, 0.25) is 0 Å². The highest BCUT2D eigenvalue weighted by molar-refractivity contribution is 6.00. The Bertz CT molecular complexity index is 1240. The van der Waals surface area contributed by atoms with Crippen LogP contribution in [0.1, 0.15) is 54.4 Å². The van der Waals surface area contributed by atoms with E-state index in [1.165, 1.54) is 12.1 Å². The van der Waals surface area contributed by atoms with E-state index < -0.39 is 17.7 Å². The van der Waals surface area contributed by atoms with E-state index >= 15 is 0 Å². The normalized spacial score (nSPS) is 21.6. The zero-order chi connectivity index (χ0) is 25.2. The third-order valence-electron chi connectivity index (χ3n) is 7.49. The van der Waals surface area contributed by atoms with Crippen molar-refractivity contribution >= 4 is 17.3 Å². The van der Waals surface area contributed by atoms with Gasteiger partial charge in [0.1, 0.15) is 11.6 Å². The zero-order valence-electron chi connectivity index (χ0n) is 20.4. The summed E-state index contributed by atoms with van der Waals surface area (Å²) in [5, 5.41) is 3.17. The van der Waals surface area contributed by atoms with E-state index in [0.29, 0.717) is 36.0 Å². The number of carbonyl (C=O) groups excluding carboxylic acids is 2. The van der Waals surface area contributed by atoms with Crippen molar-refractivity contribution in [2.24, 2.45) is 0 Å². The maximum absolute atomic E-state index is 14.1. The molecule has 0 radical (unpaired) electrons. The number of piperidine rings is 1. The van der Waals surface area contributed by atoms with Crippen molar-refractivity contribution in [2.45, 2.75) is 50.6 Å². The number of halogens is 2. The number of likely N-dealkylation sites (tertiary alicyclic amines) is 2. The summed E-state index contributed by atoms with van der Waals surface area (Å²) < 4.78 is 30.0. The number of aromatic nitrogens is 2. The highest BCUT2D eigenvalue weighted by Gasteiger charge is 2.37. The first-order valence-electron chi connectivity index (χ1n) is 12.6. The van der Waals surface area contributed by atoms with Gasteiger partial charge >= 0.3 is 0 Å². The predicted octanol–water partition coefficient (Wildman–Crippen LogP) is 3.60. The Morgan fingerprint density at radius 1 is 1.14 bits per heavy atom. The molecule has 190 valence electrons. The molecule has 2 amide bonds. The topological polar surface area (TPSA) is 70.0 Å². The first-order chi connectivity index (χ1) is 17.4. The van der Waals surface area contributed by atoms with Crippen LogP contribution in [0.5, 0.6) is 0 Å². The van der Waals surface area contributed by atoms with Crippen molar-refractivity contribution in [1.82, 2.24) is 24.5 Å². The second kappa shape index (κ2) is 10.3. The van der Waals surface area contributed by atoms with Crippen LogP contribution in [0, 0.1) is 11.6 Å². The number of amides is 2. The Labute approximate surface area is 209 Å². The van der Waals surface area contributed by atoms with Crippen molar-refractivity contribution in [1.29, 1.82) is 0 Å². The second-order valence-electron chi connectivity index (χ2n) is 9.74. The Morgan fingerprint density at radius 3 is 2.61 bits per heavy atom. The fourth-order valence-electron chi connectivity index (χ4n) is 5.71. The molecule has 2 aliphatic rings. The summed E-state index contributed by atoms with van der Waals surface area (Å²) in [4.78, 5) is 35.0. The summed E-state index contributed by atoms with van der Waals surface area (Å²) in [6.45, 7) is 4.42. The number of fused-ring (bicyclic) bond motifs is 1. The van der Waals surface area contributed by atoms with Gasteiger partial charge in [-0.1, -0.05) is 6.92 Å². The van der Waals surface area contributed by atoms with Crippen molar-refractivity contribution in [3.05, 3.63) is 71.8 Å². The molecular weight excluding hydrogens is 464 g/mol. The summed E-state index contributed by atoms with van der Waals surface area (Å²) in [6, 6.07) is 6.33. The van der Waals surface area contributed by atoms with Crippen molar-refractivity contribution in [2.75, 3.05) is 26.2 Å². The molecule has 0 saturated carbocycles. The maximum atomic E-state index is 14.1. The minimum absolute atomic E-state index is 0.0986.